The van der Waals surface area contributed by atoms with Crippen molar-refractivity contribution in [1.82, 2.24) is 5.43 Å². The molecule has 0 spiro atoms. The minimum Gasteiger partial charge on any atom is -0.496 e. The first-order valence-electron chi connectivity index (χ1n) is 7.18. The van der Waals surface area contributed by atoms with Gasteiger partial charge in [-0.1, -0.05) is 6.07 Å². The van der Waals surface area contributed by atoms with Gasteiger partial charge in [0.15, 0.2) is 0 Å². The molecular weight excluding hydrogens is 417 g/mol. The van der Waals surface area contributed by atoms with Crippen molar-refractivity contribution in [2.45, 2.75) is 6.18 Å². The molecule has 0 heterocycles. The molecular formula is C17H14BrF3N2O3. The summed E-state index contributed by atoms with van der Waals surface area (Å²) in [6, 6.07) is 7.36. The number of benzene rings is 2. The summed E-state index contributed by atoms with van der Waals surface area (Å²) in [7, 11) is 2.96. The zero-order valence-electron chi connectivity index (χ0n) is 13.7. The Balaban J connectivity index is 2.16. The average molecular weight is 431 g/mol. The van der Waals surface area contributed by atoms with E-state index in [0.717, 1.165) is 18.2 Å². The average Bonchev–Trinajstić information content (AvgIpc) is 2.61. The van der Waals surface area contributed by atoms with Crippen LogP contribution in [0, 0.1) is 0 Å². The summed E-state index contributed by atoms with van der Waals surface area (Å²) in [5.41, 5.74) is 1.66. The summed E-state index contributed by atoms with van der Waals surface area (Å²) in [5.74, 6) is 0.230. The van der Waals surface area contributed by atoms with E-state index in [1.807, 2.05) is 0 Å². The summed E-state index contributed by atoms with van der Waals surface area (Å²) >= 11 is 3.32. The molecule has 0 saturated heterocycles. The minimum atomic E-state index is -4.53. The Labute approximate surface area is 155 Å². The Kier molecular flexibility index (Phi) is 6.25. The molecule has 0 aromatic heterocycles. The van der Waals surface area contributed by atoms with E-state index in [0.29, 0.717) is 21.5 Å². The number of alkyl halides is 3. The molecule has 138 valence electrons. The molecule has 0 unspecified atom stereocenters. The predicted octanol–water partition coefficient (Wildman–Crippen LogP) is 4.25. The van der Waals surface area contributed by atoms with Gasteiger partial charge in [-0.25, -0.2) is 5.43 Å². The van der Waals surface area contributed by atoms with Gasteiger partial charge in [0, 0.05) is 17.2 Å². The molecule has 5 nitrogen and oxygen atoms in total. The van der Waals surface area contributed by atoms with Gasteiger partial charge in [-0.3, -0.25) is 4.79 Å². The molecule has 0 bridgehead atoms. The Morgan fingerprint density at radius 2 is 1.85 bits per heavy atom. The number of nitrogens with zero attached hydrogens (tertiary/aromatic N) is 1. The lowest BCUT2D eigenvalue weighted by Crippen LogP contribution is -2.18. The molecule has 2 rings (SSSR count). The van der Waals surface area contributed by atoms with Gasteiger partial charge in [0.25, 0.3) is 5.91 Å². The van der Waals surface area contributed by atoms with Crippen LogP contribution in [-0.2, 0) is 6.18 Å². The molecule has 0 saturated carbocycles. The highest BCUT2D eigenvalue weighted by molar-refractivity contribution is 9.10. The standard InChI is InChI=1S/C17H14BrF3N2O3/c1-25-14-8-15(26-2)13(18)7-11(14)9-22-23-16(24)10-4-3-5-12(6-10)17(19,20)21/h3-9H,1-2H3,(H,23,24)/b22-9-. The van der Waals surface area contributed by atoms with E-state index in [1.165, 1.54) is 26.5 Å². The highest BCUT2D eigenvalue weighted by Crippen LogP contribution is 2.32. The van der Waals surface area contributed by atoms with Crippen LogP contribution in [0.1, 0.15) is 21.5 Å². The molecule has 1 amide bonds. The topological polar surface area (TPSA) is 59.9 Å². The van der Waals surface area contributed by atoms with Crippen molar-refractivity contribution < 1.29 is 27.4 Å². The van der Waals surface area contributed by atoms with Crippen molar-refractivity contribution in [3.8, 4) is 11.5 Å². The molecule has 2 aromatic carbocycles. The molecule has 0 aliphatic heterocycles. The van der Waals surface area contributed by atoms with E-state index in [4.69, 9.17) is 9.47 Å². The van der Waals surface area contributed by atoms with Gasteiger partial charge >= 0.3 is 6.18 Å². The van der Waals surface area contributed by atoms with Crippen LogP contribution in [0.5, 0.6) is 11.5 Å². The number of hydrogen-bond acceptors (Lipinski definition) is 4. The van der Waals surface area contributed by atoms with Gasteiger partial charge in [-0.05, 0) is 40.2 Å². The fourth-order valence-corrected chi connectivity index (χ4v) is 2.57. The third-order valence-electron chi connectivity index (χ3n) is 3.33. The predicted molar refractivity (Wildman–Crippen MR) is 93.8 cm³/mol. The van der Waals surface area contributed by atoms with Gasteiger partial charge in [0.05, 0.1) is 30.5 Å². The van der Waals surface area contributed by atoms with Gasteiger partial charge in [-0.15, -0.1) is 0 Å². The maximum atomic E-state index is 12.7. The Morgan fingerprint density at radius 1 is 1.15 bits per heavy atom. The van der Waals surface area contributed by atoms with E-state index in [-0.39, 0.29) is 5.56 Å². The smallest absolute Gasteiger partial charge is 0.416 e. The van der Waals surface area contributed by atoms with Crippen LogP contribution in [0.4, 0.5) is 13.2 Å². The zero-order chi connectivity index (χ0) is 19.3. The summed E-state index contributed by atoms with van der Waals surface area (Å²) in [4.78, 5) is 12.0. The molecule has 1 N–H and O–H groups in total. The highest BCUT2D eigenvalue weighted by atomic mass is 79.9. The summed E-state index contributed by atoms with van der Waals surface area (Å²) in [6.07, 6.45) is -3.21. The second-order valence-electron chi connectivity index (χ2n) is 5.01. The summed E-state index contributed by atoms with van der Waals surface area (Å²) < 4.78 is 49.1. The lowest BCUT2D eigenvalue weighted by atomic mass is 10.1. The third kappa shape index (κ3) is 4.75. The van der Waals surface area contributed by atoms with Crippen molar-refractivity contribution in [1.29, 1.82) is 0 Å². The zero-order valence-corrected chi connectivity index (χ0v) is 15.3. The van der Waals surface area contributed by atoms with E-state index in [9.17, 15) is 18.0 Å². The second-order valence-corrected chi connectivity index (χ2v) is 5.86. The van der Waals surface area contributed by atoms with Gasteiger partial charge in [0.2, 0.25) is 0 Å². The van der Waals surface area contributed by atoms with Crippen molar-refractivity contribution in [2.75, 3.05) is 14.2 Å². The molecule has 9 heteroatoms. The third-order valence-corrected chi connectivity index (χ3v) is 3.95. The van der Waals surface area contributed by atoms with Gasteiger partial charge < -0.3 is 9.47 Å². The SMILES string of the molecule is COc1cc(OC)c(/C=N\NC(=O)c2cccc(C(F)(F)F)c2)cc1Br. The number of carbonyl (C=O) groups excluding carboxylic acids is 1. The van der Waals surface area contributed by atoms with Crippen LogP contribution in [0.3, 0.4) is 0 Å². The summed E-state index contributed by atoms with van der Waals surface area (Å²) in [6.45, 7) is 0. The maximum Gasteiger partial charge on any atom is 0.416 e. The number of nitrogens with one attached hydrogen (secondary N) is 1. The molecule has 0 atom stereocenters. The van der Waals surface area contributed by atoms with Gasteiger partial charge in [0.1, 0.15) is 11.5 Å². The Bertz CT molecular complexity index is 838. The molecule has 0 fully saturated rings. The van der Waals surface area contributed by atoms with E-state index in [2.05, 4.69) is 26.5 Å². The number of hydrogen-bond donors (Lipinski definition) is 1. The lowest BCUT2D eigenvalue weighted by Gasteiger charge is -2.09. The number of hydrazone groups is 1. The van der Waals surface area contributed by atoms with Crippen molar-refractivity contribution >= 4 is 28.1 Å². The van der Waals surface area contributed by atoms with Crippen molar-refractivity contribution in [3.05, 3.63) is 57.6 Å². The Hall–Kier alpha value is -2.55. The second kappa shape index (κ2) is 8.22. The molecule has 0 aliphatic rings. The molecule has 0 radical (unpaired) electrons. The number of methoxy groups -OCH3 is 2. The normalized spacial score (nSPS) is 11.5. The van der Waals surface area contributed by atoms with E-state index in [1.54, 1.807) is 12.1 Å². The molecule has 0 aliphatic carbocycles. The van der Waals surface area contributed by atoms with Gasteiger partial charge in [-0.2, -0.15) is 18.3 Å². The van der Waals surface area contributed by atoms with E-state index < -0.39 is 17.6 Å². The number of halogens is 4. The number of amides is 1. The minimum absolute atomic E-state index is 0.153. The largest absolute Gasteiger partial charge is 0.496 e. The molecule has 26 heavy (non-hydrogen) atoms. The lowest BCUT2D eigenvalue weighted by molar-refractivity contribution is -0.137. The van der Waals surface area contributed by atoms with Crippen molar-refractivity contribution in [3.63, 3.8) is 0 Å². The first-order valence-corrected chi connectivity index (χ1v) is 7.97. The van der Waals surface area contributed by atoms with Crippen LogP contribution in [-0.4, -0.2) is 26.3 Å². The van der Waals surface area contributed by atoms with Crippen molar-refractivity contribution in [2.24, 2.45) is 5.10 Å². The maximum absolute atomic E-state index is 12.7. The number of rotatable bonds is 5. The Morgan fingerprint density at radius 3 is 2.46 bits per heavy atom. The first kappa shape index (κ1) is 19.8. The fourth-order valence-electron chi connectivity index (χ4n) is 2.05. The van der Waals surface area contributed by atoms with E-state index >= 15 is 0 Å². The summed E-state index contributed by atoms with van der Waals surface area (Å²) in [5, 5.41) is 3.77. The molecule has 2 aromatic rings. The van der Waals surface area contributed by atoms with Crippen LogP contribution in [0.25, 0.3) is 0 Å². The quantitative estimate of drug-likeness (QED) is 0.569. The monoisotopic (exact) mass is 430 g/mol. The number of ether oxygens (including phenoxy) is 2. The van der Waals surface area contributed by atoms with Crippen LogP contribution < -0.4 is 14.9 Å². The highest BCUT2D eigenvalue weighted by Gasteiger charge is 2.30. The van der Waals surface area contributed by atoms with Crippen LogP contribution >= 0.6 is 15.9 Å². The first-order chi connectivity index (χ1) is 12.3. The van der Waals surface area contributed by atoms with Crippen LogP contribution in [0.2, 0.25) is 0 Å². The fraction of sp³-hybridized carbons (Fsp3) is 0.176. The number of carbonyl (C=O) groups is 1. The van der Waals surface area contributed by atoms with Crippen LogP contribution in [0.15, 0.2) is 46.0 Å².